The molecule has 142 valence electrons. The molecule has 0 radical (unpaired) electrons. The van der Waals surface area contributed by atoms with E-state index in [2.05, 4.69) is 10.3 Å². The van der Waals surface area contributed by atoms with Crippen molar-refractivity contribution in [3.8, 4) is 5.88 Å². The quantitative estimate of drug-likeness (QED) is 0.848. The van der Waals surface area contributed by atoms with Crippen molar-refractivity contribution in [2.24, 2.45) is 5.92 Å². The van der Waals surface area contributed by atoms with Crippen LogP contribution in [0.15, 0.2) is 18.3 Å². The molecule has 2 heterocycles. The van der Waals surface area contributed by atoms with Crippen molar-refractivity contribution in [2.75, 3.05) is 19.6 Å². The lowest BCUT2D eigenvalue weighted by molar-refractivity contribution is -0.131. The molecule has 1 N–H and O–H groups in total. The normalized spacial score (nSPS) is 20.8. The monoisotopic (exact) mass is 359 g/mol. The van der Waals surface area contributed by atoms with Crippen molar-refractivity contribution in [2.45, 2.75) is 58.0 Å². The van der Waals surface area contributed by atoms with Gasteiger partial charge in [0.25, 0.3) is 5.91 Å². The van der Waals surface area contributed by atoms with E-state index >= 15 is 0 Å². The van der Waals surface area contributed by atoms with Gasteiger partial charge in [0.1, 0.15) is 11.7 Å². The molecule has 2 aliphatic rings. The molecule has 0 aromatic carbocycles. The molecular weight excluding hydrogens is 330 g/mol. The van der Waals surface area contributed by atoms with Crippen LogP contribution >= 0.6 is 0 Å². The first-order chi connectivity index (χ1) is 12.7. The molecular formula is C20H29N3O3. The Labute approximate surface area is 155 Å². The number of nitrogens with one attached hydrogen (secondary N) is 1. The summed E-state index contributed by atoms with van der Waals surface area (Å²) in [5, 5.41) is 2.78. The third-order valence-electron chi connectivity index (χ3n) is 5.32. The highest BCUT2D eigenvalue weighted by Crippen LogP contribution is 2.28. The first kappa shape index (κ1) is 18.7. The van der Waals surface area contributed by atoms with Gasteiger partial charge in [-0.2, -0.15) is 0 Å². The predicted molar refractivity (Wildman–Crippen MR) is 99.0 cm³/mol. The van der Waals surface area contributed by atoms with Crippen LogP contribution in [0, 0.1) is 5.92 Å². The van der Waals surface area contributed by atoms with Gasteiger partial charge in [0.15, 0.2) is 0 Å². The molecule has 1 aromatic rings. The summed E-state index contributed by atoms with van der Waals surface area (Å²) in [7, 11) is 0. The van der Waals surface area contributed by atoms with Crippen LogP contribution < -0.4 is 10.1 Å². The van der Waals surface area contributed by atoms with Gasteiger partial charge in [-0.3, -0.25) is 9.59 Å². The van der Waals surface area contributed by atoms with E-state index in [4.69, 9.17) is 4.74 Å². The Morgan fingerprint density at radius 3 is 2.85 bits per heavy atom. The molecule has 3 rings (SSSR count). The average Bonchev–Trinajstić information content (AvgIpc) is 3.12. The van der Waals surface area contributed by atoms with E-state index in [9.17, 15) is 9.59 Å². The standard InChI is InChI=1S/C20H29N3O3/c1-2-21-19(25)17-9-6-11-22-20(17)26-16-10-12-23(14-16)18(24)13-15-7-4-3-5-8-15/h6,9,11,15-16H,2-5,7-8,10,12-14H2,1H3,(H,21,25). The van der Waals surface area contributed by atoms with Crippen molar-refractivity contribution in [3.05, 3.63) is 23.9 Å². The molecule has 1 atom stereocenters. The summed E-state index contributed by atoms with van der Waals surface area (Å²) in [4.78, 5) is 30.8. The molecule has 2 fully saturated rings. The van der Waals surface area contributed by atoms with E-state index in [0.29, 0.717) is 36.9 Å². The third-order valence-corrected chi connectivity index (χ3v) is 5.32. The van der Waals surface area contributed by atoms with Crippen LogP contribution in [0.1, 0.15) is 62.2 Å². The number of nitrogens with zero attached hydrogens (tertiary/aromatic N) is 2. The van der Waals surface area contributed by atoms with Gasteiger partial charge in [-0.25, -0.2) is 4.98 Å². The highest BCUT2D eigenvalue weighted by Gasteiger charge is 2.30. The summed E-state index contributed by atoms with van der Waals surface area (Å²) in [5.41, 5.74) is 0.446. The van der Waals surface area contributed by atoms with Crippen molar-refractivity contribution in [1.82, 2.24) is 15.2 Å². The molecule has 1 saturated heterocycles. The van der Waals surface area contributed by atoms with E-state index in [1.807, 2.05) is 11.8 Å². The highest BCUT2D eigenvalue weighted by molar-refractivity contribution is 5.96. The maximum Gasteiger partial charge on any atom is 0.256 e. The average molecular weight is 359 g/mol. The van der Waals surface area contributed by atoms with Gasteiger partial charge in [0.2, 0.25) is 11.8 Å². The minimum Gasteiger partial charge on any atom is -0.472 e. The fraction of sp³-hybridized carbons (Fsp3) is 0.650. The van der Waals surface area contributed by atoms with E-state index < -0.39 is 0 Å². The second kappa shape index (κ2) is 9.01. The summed E-state index contributed by atoms with van der Waals surface area (Å²) >= 11 is 0. The Hall–Kier alpha value is -2.11. The van der Waals surface area contributed by atoms with Gasteiger partial charge in [-0.05, 0) is 37.8 Å². The van der Waals surface area contributed by atoms with Crippen molar-refractivity contribution in [1.29, 1.82) is 0 Å². The molecule has 1 aliphatic heterocycles. The lowest BCUT2D eigenvalue weighted by Gasteiger charge is -2.24. The summed E-state index contributed by atoms with van der Waals surface area (Å²) in [6.45, 7) is 3.73. The maximum absolute atomic E-state index is 12.6. The highest BCUT2D eigenvalue weighted by atomic mass is 16.5. The van der Waals surface area contributed by atoms with E-state index in [-0.39, 0.29) is 17.9 Å². The second-order valence-corrected chi connectivity index (χ2v) is 7.29. The SMILES string of the molecule is CCNC(=O)c1cccnc1OC1CCN(C(=O)CC2CCCCC2)C1. The zero-order valence-corrected chi connectivity index (χ0v) is 15.6. The Morgan fingerprint density at radius 2 is 2.08 bits per heavy atom. The lowest BCUT2D eigenvalue weighted by atomic mass is 9.87. The van der Waals surface area contributed by atoms with Crippen molar-refractivity contribution in [3.63, 3.8) is 0 Å². The molecule has 1 unspecified atom stereocenters. The van der Waals surface area contributed by atoms with E-state index in [0.717, 1.165) is 13.0 Å². The number of ether oxygens (including phenoxy) is 1. The number of carbonyl (C=O) groups excluding carboxylic acids is 2. The fourth-order valence-electron chi connectivity index (χ4n) is 3.89. The van der Waals surface area contributed by atoms with Gasteiger partial charge in [-0.1, -0.05) is 19.3 Å². The molecule has 1 saturated carbocycles. The first-order valence-corrected chi connectivity index (χ1v) is 9.85. The lowest BCUT2D eigenvalue weighted by Crippen LogP contribution is -2.33. The summed E-state index contributed by atoms with van der Waals surface area (Å²) in [6, 6.07) is 3.44. The largest absolute Gasteiger partial charge is 0.472 e. The topological polar surface area (TPSA) is 71.5 Å². The van der Waals surface area contributed by atoms with Crippen LogP contribution in [-0.4, -0.2) is 47.4 Å². The van der Waals surface area contributed by atoms with Crippen LogP contribution in [0.25, 0.3) is 0 Å². The van der Waals surface area contributed by atoms with Crippen molar-refractivity contribution < 1.29 is 14.3 Å². The van der Waals surface area contributed by atoms with Crippen LogP contribution in [0.5, 0.6) is 5.88 Å². The first-order valence-electron chi connectivity index (χ1n) is 9.85. The number of aromatic nitrogens is 1. The smallest absolute Gasteiger partial charge is 0.256 e. The van der Waals surface area contributed by atoms with E-state index in [1.165, 1.54) is 32.1 Å². The van der Waals surface area contributed by atoms with Gasteiger partial charge in [0.05, 0.1) is 6.54 Å². The van der Waals surface area contributed by atoms with Crippen LogP contribution in [0.4, 0.5) is 0 Å². The number of hydrogen-bond donors (Lipinski definition) is 1. The van der Waals surface area contributed by atoms with E-state index in [1.54, 1.807) is 18.3 Å². The number of pyridine rings is 1. The van der Waals surface area contributed by atoms with Crippen molar-refractivity contribution >= 4 is 11.8 Å². The molecule has 0 spiro atoms. The number of amides is 2. The number of likely N-dealkylation sites (tertiary alicyclic amines) is 1. The summed E-state index contributed by atoms with van der Waals surface area (Å²) < 4.78 is 5.98. The van der Waals surface area contributed by atoms with Gasteiger partial charge < -0.3 is 15.0 Å². The Bertz CT molecular complexity index is 628. The molecule has 2 amide bonds. The number of hydrogen-bond acceptors (Lipinski definition) is 4. The molecule has 6 heteroatoms. The van der Waals surface area contributed by atoms with Crippen LogP contribution in [0.2, 0.25) is 0 Å². The summed E-state index contributed by atoms with van der Waals surface area (Å²) in [6.07, 6.45) is 9.15. The molecule has 6 nitrogen and oxygen atoms in total. The Balaban J connectivity index is 1.54. The Morgan fingerprint density at radius 1 is 1.27 bits per heavy atom. The number of carbonyl (C=O) groups is 2. The predicted octanol–water partition coefficient (Wildman–Crippen LogP) is 2.78. The second-order valence-electron chi connectivity index (χ2n) is 7.29. The van der Waals surface area contributed by atoms with Gasteiger partial charge in [0, 0.05) is 32.1 Å². The molecule has 1 aliphatic carbocycles. The maximum atomic E-state index is 12.6. The Kier molecular flexibility index (Phi) is 6.47. The molecule has 1 aromatic heterocycles. The minimum atomic E-state index is -0.182. The van der Waals surface area contributed by atoms with Crippen LogP contribution in [-0.2, 0) is 4.79 Å². The minimum absolute atomic E-state index is 0.103. The molecule has 26 heavy (non-hydrogen) atoms. The fourth-order valence-corrected chi connectivity index (χ4v) is 3.89. The van der Waals surface area contributed by atoms with Gasteiger partial charge >= 0.3 is 0 Å². The zero-order chi connectivity index (χ0) is 18.4. The van der Waals surface area contributed by atoms with Gasteiger partial charge in [-0.15, -0.1) is 0 Å². The third kappa shape index (κ3) is 4.74. The zero-order valence-electron chi connectivity index (χ0n) is 15.6. The molecule has 0 bridgehead atoms. The van der Waals surface area contributed by atoms with Crippen LogP contribution in [0.3, 0.4) is 0 Å². The summed E-state index contributed by atoms with van der Waals surface area (Å²) in [5.74, 6) is 0.966. The number of rotatable bonds is 6.